The minimum atomic E-state index is 0.225. The Bertz CT molecular complexity index is 1790. The van der Waals surface area contributed by atoms with Crippen LogP contribution in [0.5, 0.6) is 34.5 Å². The van der Waals surface area contributed by atoms with E-state index in [-0.39, 0.29) is 12.2 Å². The molecule has 0 bridgehead atoms. The van der Waals surface area contributed by atoms with E-state index in [0.29, 0.717) is 13.2 Å². The number of hydrogen-bond acceptors (Lipinski definition) is 6. The minimum absolute atomic E-state index is 0.225. The van der Waals surface area contributed by atoms with Crippen molar-refractivity contribution in [3.05, 3.63) is 109 Å². The topological polar surface area (TPSA) is 62.0 Å². The monoisotopic (exact) mass is 736 g/mol. The number of rotatable bonds is 10. The van der Waals surface area contributed by atoms with Gasteiger partial charge < -0.3 is 28.4 Å². The van der Waals surface area contributed by atoms with Crippen molar-refractivity contribution < 1.29 is 28.4 Å². The van der Waals surface area contributed by atoms with Crippen LogP contribution in [0.25, 0.3) is 32.3 Å². The molecule has 6 nitrogen and oxygen atoms in total. The van der Waals surface area contributed by atoms with Gasteiger partial charge in [0.2, 0.25) is 0 Å². The van der Waals surface area contributed by atoms with Crippen LogP contribution < -0.4 is 18.9 Å². The molecule has 2 aliphatic heterocycles. The molecule has 0 saturated carbocycles. The first-order chi connectivity index (χ1) is 26.7. The van der Waals surface area contributed by atoms with Crippen LogP contribution in [0, 0.1) is 0 Å². The van der Waals surface area contributed by atoms with Crippen LogP contribution in [0.15, 0.2) is 109 Å². The molecule has 2 atom stereocenters. The van der Waals surface area contributed by atoms with Crippen molar-refractivity contribution in [3.8, 4) is 34.5 Å². The maximum atomic E-state index is 6.28. The molecule has 0 spiro atoms. The van der Waals surface area contributed by atoms with Crippen LogP contribution in [0.4, 0.5) is 0 Å². The van der Waals surface area contributed by atoms with Crippen LogP contribution in [-0.4, -0.2) is 38.6 Å². The van der Waals surface area contributed by atoms with Gasteiger partial charge in [-0.3, -0.25) is 0 Å². The molecule has 6 aromatic carbocycles. The van der Waals surface area contributed by atoms with Gasteiger partial charge in [0.15, 0.2) is 0 Å². The van der Waals surface area contributed by atoms with E-state index in [2.05, 4.69) is 36.4 Å². The highest BCUT2D eigenvalue weighted by molar-refractivity contribution is 5.87. The summed E-state index contributed by atoms with van der Waals surface area (Å²) in [6.07, 6.45) is 0.449. The summed E-state index contributed by atoms with van der Waals surface area (Å²) < 4.78 is 34.8. The van der Waals surface area contributed by atoms with Crippen LogP contribution in [-0.2, 0) is 9.47 Å². The van der Waals surface area contributed by atoms with E-state index in [4.69, 9.17) is 28.4 Å². The Morgan fingerprint density at radius 1 is 0.352 bits per heavy atom. The maximum Gasteiger partial charge on any atom is 0.128 e. The van der Waals surface area contributed by atoms with Crippen LogP contribution in [0.1, 0.15) is 83.1 Å². The summed E-state index contributed by atoms with van der Waals surface area (Å²) in [4.78, 5) is 0. The van der Waals surface area contributed by atoms with Gasteiger partial charge in [0, 0.05) is 0 Å². The van der Waals surface area contributed by atoms with E-state index in [1.807, 2.05) is 156 Å². The molecule has 292 valence electrons. The van der Waals surface area contributed by atoms with Crippen molar-refractivity contribution in [2.75, 3.05) is 26.4 Å². The molecule has 0 N–H and O–H groups in total. The Kier molecular flexibility index (Phi) is 21.2. The summed E-state index contributed by atoms with van der Waals surface area (Å²) in [5.41, 5.74) is 0. The van der Waals surface area contributed by atoms with Crippen molar-refractivity contribution in [1.29, 1.82) is 0 Å². The molecular formula is C48H64O6. The average molecular weight is 737 g/mol. The molecule has 2 aliphatic rings. The fraction of sp³-hybridized carbons (Fsp3) is 0.375. The smallest absolute Gasteiger partial charge is 0.128 e. The fourth-order valence-corrected chi connectivity index (χ4v) is 5.02. The van der Waals surface area contributed by atoms with E-state index >= 15 is 0 Å². The van der Waals surface area contributed by atoms with Gasteiger partial charge in [-0.05, 0) is 105 Å². The minimum Gasteiger partial charge on any atom is -0.491 e. The molecule has 6 aromatic rings. The summed E-state index contributed by atoms with van der Waals surface area (Å²) in [6, 6.07) is 36.5. The Balaban J connectivity index is 0.000000770. The quantitative estimate of drug-likeness (QED) is 0.131. The maximum absolute atomic E-state index is 6.28. The lowest BCUT2D eigenvalue weighted by Gasteiger charge is -2.11. The average Bonchev–Trinajstić information content (AvgIpc) is 4.20. The first-order valence-corrected chi connectivity index (χ1v) is 20.2. The second kappa shape index (κ2) is 25.3. The van der Waals surface area contributed by atoms with Crippen molar-refractivity contribution in [2.45, 2.75) is 95.3 Å². The van der Waals surface area contributed by atoms with E-state index < -0.39 is 0 Å². The lowest BCUT2D eigenvalue weighted by Crippen LogP contribution is -2.03. The third-order valence-electron chi connectivity index (χ3n) is 7.50. The van der Waals surface area contributed by atoms with Gasteiger partial charge in [0.25, 0.3) is 0 Å². The SMILES string of the molecule is CC.CC.CC.CC.CC.CC.c1cc2ccc(Oc3ccc4ccc(Oc5ccc6ccc(OCC7CO7)cc6c5)cc4c3)cc2cc1OCC1CO1. The Labute approximate surface area is 325 Å². The summed E-state index contributed by atoms with van der Waals surface area (Å²) in [5.74, 6) is 4.70. The molecule has 6 heteroatoms. The molecule has 0 amide bonds. The molecule has 2 unspecified atom stereocenters. The van der Waals surface area contributed by atoms with Crippen LogP contribution in [0.2, 0.25) is 0 Å². The predicted octanol–water partition coefficient (Wildman–Crippen LogP) is 14.4. The Hall–Kier alpha value is -4.78. The van der Waals surface area contributed by atoms with Gasteiger partial charge in [0.1, 0.15) is 59.9 Å². The Morgan fingerprint density at radius 2 is 0.574 bits per heavy atom. The van der Waals surface area contributed by atoms with E-state index in [0.717, 1.165) is 80.0 Å². The van der Waals surface area contributed by atoms with Gasteiger partial charge in [-0.25, -0.2) is 0 Å². The largest absolute Gasteiger partial charge is 0.491 e. The zero-order valence-electron chi connectivity index (χ0n) is 34.8. The van der Waals surface area contributed by atoms with Gasteiger partial charge in [-0.15, -0.1) is 0 Å². The van der Waals surface area contributed by atoms with Crippen LogP contribution >= 0.6 is 0 Å². The highest BCUT2D eigenvalue weighted by atomic mass is 16.6. The fourth-order valence-electron chi connectivity index (χ4n) is 5.02. The first kappa shape index (κ1) is 45.4. The molecule has 2 saturated heterocycles. The predicted molar refractivity (Wildman–Crippen MR) is 231 cm³/mol. The highest BCUT2D eigenvalue weighted by Crippen LogP contribution is 2.33. The molecule has 0 radical (unpaired) electrons. The van der Waals surface area contributed by atoms with Crippen molar-refractivity contribution >= 4 is 32.3 Å². The van der Waals surface area contributed by atoms with Crippen molar-refractivity contribution in [1.82, 2.24) is 0 Å². The number of fused-ring (bicyclic) bond motifs is 3. The summed E-state index contributed by atoms with van der Waals surface area (Å²) in [7, 11) is 0. The molecule has 8 rings (SSSR count). The van der Waals surface area contributed by atoms with Gasteiger partial charge in [0.05, 0.1) is 13.2 Å². The standard InChI is InChI=1S/C36H28O6.6C2H6/c1-7-29(37-19-35-21-39-35)13-26-15-31(9-3-23(1)26)41-33-11-5-25-6-12-34(18-28(25)17-33)42-32-10-4-24-2-8-30(14-27(24)16-32)38-20-36-22-40-36;6*1-2/h1-18,35-36H,19-22H2;6*1-2H3. The summed E-state index contributed by atoms with van der Waals surface area (Å²) in [6.45, 7) is 26.7. The summed E-state index contributed by atoms with van der Waals surface area (Å²) >= 11 is 0. The van der Waals surface area contributed by atoms with E-state index in [9.17, 15) is 0 Å². The van der Waals surface area contributed by atoms with Gasteiger partial charge in [-0.1, -0.05) is 119 Å². The molecule has 54 heavy (non-hydrogen) atoms. The molecule has 2 fully saturated rings. The van der Waals surface area contributed by atoms with Crippen molar-refractivity contribution in [3.63, 3.8) is 0 Å². The van der Waals surface area contributed by atoms with E-state index in [1.165, 1.54) is 0 Å². The number of benzene rings is 6. The first-order valence-electron chi connectivity index (χ1n) is 20.2. The number of epoxide rings is 2. The molecule has 2 heterocycles. The zero-order valence-corrected chi connectivity index (χ0v) is 34.8. The number of hydrogen-bond donors (Lipinski definition) is 0. The lowest BCUT2D eigenvalue weighted by molar-refractivity contribution is 0.263. The molecule has 0 aliphatic carbocycles. The molecule has 0 aromatic heterocycles. The van der Waals surface area contributed by atoms with Crippen molar-refractivity contribution in [2.24, 2.45) is 0 Å². The normalized spacial score (nSPS) is 14.1. The van der Waals surface area contributed by atoms with Gasteiger partial charge >= 0.3 is 0 Å². The van der Waals surface area contributed by atoms with E-state index in [1.54, 1.807) is 0 Å². The van der Waals surface area contributed by atoms with Gasteiger partial charge in [-0.2, -0.15) is 0 Å². The highest BCUT2D eigenvalue weighted by Gasteiger charge is 2.23. The van der Waals surface area contributed by atoms with Crippen LogP contribution in [0.3, 0.4) is 0 Å². The second-order valence-electron chi connectivity index (χ2n) is 10.7. The number of ether oxygens (including phenoxy) is 6. The zero-order chi connectivity index (χ0) is 39.9. The molecular weight excluding hydrogens is 673 g/mol. The third kappa shape index (κ3) is 13.9. The lowest BCUT2D eigenvalue weighted by atomic mass is 10.1. The third-order valence-corrected chi connectivity index (χ3v) is 7.50. The second-order valence-corrected chi connectivity index (χ2v) is 10.7. The Morgan fingerprint density at radius 3 is 0.815 bits per heavy atom. The summed E-state index contributed by atoms with van der Waals surface area (Å²) in [5, 5.41) is 6.51.